The summed E-state index contributed by atoms with van der Waals surface area (Å²) < 4.78 is 14.3. The number of benzene rings is 1. The summed E-state index contributed by atoms with van der Waals surface area (Å²) in [5.41, 5.74) is 2.24. The lowest BCUT2D eigenvalue weighted by molar-refractivity contribution is -0.116. The zero-order valence-electron chi connectivity index (χ0n) is 13.1. The van der Waals surface area contributed by atoms with Gasteiger partial charge in [-0.2, -0.15) is 0 Å². The van der Waals surface area contributed by atoms with Crippen molar-refractivity contribution in [1.82, 2.24) is 0 Å². The van der Waals surface area contributed by atoms with Crippen molar-refractivity contribution in [3.63, 3.8) is 0 Å². The minimum absolute atomic E-state index is 0.0570. The van der Waals surface area contributed by atoms with Gasteiger partial charge in [-0.3, -0.25) is 4.79 Å². The third-order valence-electron chi connectivity index (χ3n) is 4.49. The highest BCUT2D eigenvalue weighted by Crippen LogP contribution is 2.39. The van der Waals surface area contributed by atoms with Crippen LogP contribution in [0.25, 0.3) is 0 Å². The van der Waals surface area contributed by atoms with Gasteiger partial charge in [0.1, 0.15) is 5.82 Å². The number of carbonyl (C=O) groups is 1. The number of anilines is 1. The van der Waals surface area contributed by atoms with E-state index >= 15 is 0 Å². The molecule has 2 nitrogen and oxygen atoms in total. The van der Waals surface area contributed by atoms with Gasteiger partial charge in [0, 0.05) is 17.7 Å². The zero-order chi connectivity index (χ0) is 15.8. The van der Waals surface area contributed by atoms with Gasteiger partial charge < -0.3 is 5.32 Å². The SMILES string of the molecule is CC(CC(Cl)c1cc2c(cc1F)NC(=O)CC2)C(C)(C)C. The average Bonchev–Trinajstić information content (AvgIpc) is 2.36. The summed E-state index contributed by atoms with van der Waals surface area (Å²) in [6, 6.07) is 3.22. The quantitative estimate of drug-likeness (QED) is 0.776. The van der Waals surface area contributed by atoms with Gasteiger partial charge in [-0.1, -0.05) is 27.7 Å². The maximum Gasteiger partial charge on any atom is 0.224 e. The Bertz CT molecular complexity index is 550. The van der Waals surface area contributed by atoms with Crippen LogP contribution in [0.2, 0.25) is 0 Å². The van der Waals surface area contributed by atoms with Crippen molar-refractivity contribution in [3.05, 3.63) is 29.1 Å². The van der Waals surface area contributed by atoms with E-state index in [1.807, 2.05) is 6.07 Å². The molecule has 116 valence electrons. The summed E-state index contributed by atoms with van der Waals surface area (Å²) in [7, 11) is 0. The van der Waals surface area contributed by atoms with Crippen molar-refractivity contribution in [2.75, 3.05) is 5.32 Å². The number of hydrogen-bond acceptors (Lipinski definition) is 1. The number of aryl methyl sites for hydroxylation is 1. The molecule has 1 aromatic carbocycles. The summed E-state index contributed by atoms with van der Waals surface area (Å²) >= 11 is 6.46. The maximum atomic E-state index is 14.3. The Morgan fingerprint density at radius 1 is 1.33 bits per heavy atom. The lowest BCUT2D eigenvalue weighted by Crippen LogP contribution is -2.21. The second kappa shape index (κ2) is 5.96. The van der Waals surface area contributed by atoms with E-state index in [9.17, 15) is 9.18 Å². The molecule has 2 atom stereocenters. The third-order valence-corrected chi connectivity index (χ3v) is 4.91. The van der Waals surface area contributed by atoms with Crippen LogP contribution in [-0.4, -0.2) is 5.91 Å². The summed E-state index contributed by atoms with van der Waals surface area (Å²) in [6.07, 6.45) is 1.82. The van der Waals surface area contributed by atoms with Crippen molar-refractivity contribution in [2.24, 2.45) is 11.3 Å². The van der Waals surface area contributed by atoms with E-state index in [2.05, 4.69) is 33.0 Å². The van der Waals surface area contributed by atoms with Crippen LogP contribution in [0.5, 0.6) is 0 Å². The molecule has 2 rings (SSSR count). The minimum Gasteiger partial charge on any atom is -0.326 e. The first-order valence-corrected chi connectivity index (χ1v) is 7.88. The average molecular weight is 312 g/mol. The predicted molar refractivity (Wildman–Crippen MR) is 85.2 cm³/mol. The van der Waals surface area contributed by atoms with Crippen LogP contribution >= 0.6 is 11.6 Å². The molecule has 1 aliphatic rings. The fraction of sp³-hybridized carbons (Fsp3) is 0.588. The zero-order valence-corrected chi connectivity index (χ0v) is 13.9. The molecule has 0 saturated carbocycles. The first-order chi connectivity index (χ1) is 9.68. The first-order valence-electron chi connectivity index (χ1n) is 7.44. The summed E-state index contributed by atoms with van der Waals surface area (Å²) in [6.45, 7) is 8.64. The fourth-order valence-electron chi connectivity index (χ4n) is 2.45. The van der Waals surface area contributed by atoms with Gasteiger partial charge in [-0.15, -0.1) is 11.6 Å². The van der Waals surface area contributed by atoms with Crippen molar-refractivity contribution in [2.45, 2.75) is 52.3 Å². The van der Waals surface area contributed by atoms with Crippen molar-refractivity contribution in [3.8, 4) is 0 Å². The molecule has 0 aromatic heterocycles. The summed E-state index contributed by atoms with van der Waals surface area (Å²) in [4.78, 5) is 11.4. The number of hydrogen-bond donors (Lipinski definition) is 1. The van der Waals surface area contributed by atoms with Crippen LogP contribution in [0.4, 0.5) is 10.1 Å². The van der Waals surface area contributed by atoms with Crippen LogP contribution in [0.1, 0.15) is 57.0 Å². The van der Waals surface area contributed by atoms with Gasteiger partial charge in [0.15, 0.2) is 0 Å². The van der Waals surface area contributed by atoms with Gasteiger partial charge in [-0.05, 0) is 41.9 Å². The summed E-state index contributed by atoms with van der Waals surface area (Å²) in [5.74, 6) is -0.00868. The molecule has 0 fully saturated rings. The molecule has 1 amide bonds. The van der Waals surface area contributed by atoms with Crippen molar-refractivity contribution < 1.29 is 9.18 Å². The van der Waals surface area contributed by atoms with E-state index in [1.54, 1.807) is 0 Å². The van der Waals surface area contributed by atoms with Gasteiger partial charge >= 0.3 is 0 Å². The molecule has 1 N–H and O–H groups in total. The number of carbonyl (C=O) groups excluding carboxylic acids is 1. The molecule has 0 bridgehead atoms. The number of rotatable bonds is 3. The molecule has 0 radical (unpaired) electrons. The van der Waals surface area contributed by atoms with E-state index in [1.165, 1.54) is 6.07 Å². The number of amides is 1. The molecular formula is C17H23ClFNO. The predicted octanol–water partition coefficient (Wildman–Crippen LogP) is 5.06. The lowest BCUT2D eigenvalue weighted by Gasteiger charge is -2.29. The Balaban J connectivity index is 2.22. The van der Waals surface area contributed by atoms with Crippen molar-refractivity contribution in [1.29, 1.82) is 0 Å². The Morgan fingerprint density at radius 3 is 2.62 bits per heavy atom. The Morgan fingerprint density at radius 2 is 2.00 bits per heavy atom. The van der Waals surface area contributed by atoms with E-state index in [4.69, 9.17) is 11.6 Å². The number of fused-ring (bicyclic) bond motifs is 1. The highest BCUT2D eigenvalue weighted by atomic mass is 35.5. The van der Waals surface area contributed by atoms with E-state index < -0.39 is 0 Å². The van der Waals surface area contributed by atoms with Gasteiger partial charge in [-0.25, -0.2) is 4.39 Å². The maximum absolute atomic E-state index is 14.3. The molecule has 1 heterocycles. The molecule has 21 heavy (non-hydrogen) atoms. The van der Waals surface area contributed by atoms with Gasteiger partial charge in [0.2, 0.25) is 5.91 Å². The van der Waals surface area contributed by atoms with Crippen LogP contribution in [0, 0.1) is 17.2 Å². The Labute approximate surface area is 131 Å². The van der Waals surface area contributed by atoms with Gasteiger partial charge in [0.05, 0.1) is 5.38 Å². The second-order valence-corrected chi connectivity index (χ2v) is 7.58. The van der Waals surface area contributed by atoms with Crippen molar-refractivity contribution >= 4 is 23.2 Å². The fourth-order valence-corrected chi connectivity index (χ4v) is 2.89. The molecule has 0 saturated heterocycles. The van der Waals surface area contributed by atoms with E-state index in [-0.39, 0.29) is 22.5 Å². The molecule has 1 aromatic rings. The van der Waals surface area contributed by atoms with Gasteiger partial charge in [0.25, 0.3) is 0 Å². The van der Waals surface area contributed by atoms with Crippen LogP contribution < -0.4 is 5.32 Å². The number of nitrogens with one attached hydrogen (secondary N) is 1. The molecule has 4 heteroatoms. The molecule has 0 aliphatic carbocycles. The Hall–Kier alpha value is -1.09. The van der Waals surface area contributed by atoms with Crippen LogP contribution in [-0.2, 0) is 11.2 Å². The number of halogens is 2. The van der Waals surface area contributed by atoms with E-state index in [0.717, 1.165) is 12.0 Å². The summed E-state index contributed by atoms with van der Waals surface area (Å²) in [5, 5.41) is 2.36. The smallest absolute Gasteiger partial charge is 0.224 e. The standard InChI is InChI=1S/C17H23ClFNO/c1-10(17(2,3)4)7-13(18)12-8-11-5-6-16(21)20-15(11)9-14(12)19/h8-10,13H,5-7H2,1-4H3,(H,20,21). The molecule has 1 aliphatic heterocycles. The molecular weight excluding hydrogens is 289 g/mol. The minimum atomic E-state index is -0.345. The molecule has 0 spiro atoms. The Kier molecular flexibility index (Phi) is 4.62. The second-order valence-electron chi connectivity index (χ2n) is 7.05. The largest absolute Gasteiger partial charge is 0.326 e. The number of alkyl halides is 1. The van der Waals surface area contributed by atoms with Crippen LogP contribution in [0.3, 0.4) is 0 Å². The normalized spacial score (nSPS) is 17.9. The topological polar surface area (TPSA) is 29.1 Å². The highest BCUT2D eigenvalue weighted by molar-refractivity contribution is 6.20. The third kappa shape index (κ3) is 3.76. The van der Waals surface area contributed by atoms with Crippen LogP contribution in [0.15, 0.2) is 12.1 Å². The monoisotopic (exact) mass is 311 g/mol. The highest BCUT2D eigenvalue weighted by Gasteiger charge is 2.26. The van der Waals surface area contributed by atoms with E-state index in [0.29, 0.717) is 30.0 Å². The first kappa shape index (κ1) is 16.3. The molecule has 2 unspecified atom stereocenters. The lowest BCUT2D eigenvalue weighted by atomic mass is 9.78.